The Kier molecular flexibility index (Phi) is 32.4. The summed E-state index contributed by atoms with van der Waals surface area (Å²) in [6.45, 7) is 52.2. The number of sulfone groups is 1. The van der Waals surface area contributed by atoms with Crippen LogP contribution in [0.3, 0.4) is 0 Å². The molecule has 0 amide bonds. The summed E-state index contributed by atoms with van der Waals surface area (Å²) in [7, 11) is -3.23. The molecule has 0 aliphatic rings. The van der Waals surface area contributed by atoms with E-state index >= 15 is 0 Å². The van der Waals surface area contributed by atoms with E-state index in [0.29, 0.717) is 69.8 Å². The Hall–Kier alpha value is -9.34. The molecule has 0 aliphatic carbocycles. The highest BCUT2D eigenvalue weighted by Gasteiger charge is 2.21. The Morgan fingerprint density at radius 1 is 0.468 bits per heavy atom. The number of pyridine rings is 4. The lowest BCUT2D eigenvalue weighted by Gasteiger charge is -2.15. The van der Waals surface area contributed by atoms with Crippen molar-refractivity contribution >= 4 is 131 Å². The van der Waals surface area contributed by atoms with Gasteiger partial charge in [-0.05, 0) is 180 Å². The average molecular weight is 1610 g/mol. The van der Waals surface area contributed by atoms with Gasteiger partial charge in [0.1, 0.15) is 34.3 Å². The van der Waals surface area contributed by atoms with Crippen LogP contribution in [0.5, 0.6) is 17.2 Å². The number of hydrogen-bond acceptors (Lipinski definition) is 21. The minimum atomic E-state index is -3.23. The Bertz CT molecular complexity index is 5340. The van der Waals surface area contributed by atoms with E-state index in [-0.39, 0.29) is 35.5 Å². The van der Waals surface area contributed by atoms with Gasteiger partial charge in [-0.3, -0.25) is 4.79 Å². The molecule has 588 valence electrons. The third-order valence-corrected chi connectivity index (χ3v) is 19.9. The summed E-state index contributed by atoms with van der Waals surface area (Å²) < 4.78 is 41.7. The van der Waals surface area contributed by atoms with Gasteiger partial charge in [0.05, 0.1) is 79.6 Å². The van der Waals surface area contributed by atoms with E-state index in [1.807, 2.05) is 125 Å². The minimum Gasteiger partial charge on any atom is -0.490 e. The second-order valence-corrected chi connectivity index (χ2v) is 35.5. The average Bonchev–Trinajstić information content (AvgIpc) is 1.55. The Morgan fingerprint density at radius 3 is 1.27 bits per heavy atom. The number of ether oxygens (including phenoxy) is 3. The summed E-state index contributed by atoms with van der Waals surface area (Å²) in [4.78, 5) is 55.6. The van der Waals surface area contributed by atoms with Crippen molar-refractivity contribution in [1.29, 1.82) is 0 Å². The number of rotatable bonds is 27. The van der Waals surface area contributed by atoms with E-state index < -0.39 is 9.84 Å². The summed E-state index contributed by atoms with van der Waals surface area (Å²) in [5.41, 5.74) is 13.4. The molecule has 5 N–H and O–H groups in total. The van der Waals surface area contributed by atoms with Crippen LogP contribution in [0.1, 0.15) is 160 Å². The highest BCUT2D eigenvalue weighted by molar-refractivity contribution is 7.89. The van der Waals surface area contributed by atoms with E-state index in [0.717, 1.165) is 148 Å². The Balaban J connectivity index is 0.000000183. The second kappa shape index (κ2) is 41.3. The summed E-state index contributed by atoms with van der Waals surface area (Å²) in [5, 5.41) is 28.4. The van der Waals surface area contributed by atoms with E-state index in [4.69, 9.17) is 58.9 Å². The van der Waals surface area contributed by atoms with Crippen LogP contribution in [0.4, 0.5) is 20.5 Å². The number of aromatic amines is 1. The van der Waals surface area contributed by atoms with Gasteiger partial charge in [0.2, 0.25) is 13.1 Å². The lowest BCUT2D eigenvalue weighted by molar-refractivity contribution is 0.245. The largest absolute Gasteiger partial charge is 0.490 e. The number of benzene rings is 4. The third kappa shape index (κ3) is 26.7. The van der Waals surface area contributed by atoms with Crippen LogP contribution in [0.15, 0.2) is 117 Å². The molecule has 12 rings (SSSR count). The van der Waals surface area contributed by atoms with E-state index in [2.05, 4.69) is 150 Å². The highest BCUT2D eigenvalue weighted by Crippen LogP contribution is 2.39. The summed E-state index contributed by atoms with van der Waals surface area (Å²) in [6, 6.07) is 30.7. The number of fused-ring (bicyclic) bond motifs is 4. The van der Waals surface area contributed by atoms with Crippen molar-refractivity contribution in [2.45, 2.75) is 205 Å². The molecule has 0 fully saturated rings. The molecule has 8 aromatic heterocycles. The van der Waals surface area contributed by atoms with Gasteiger partial charge in [-0.2, -0.15) is 0 Å². The van der Waals surface area contributed by atoms with Gasteiger partial charge >= 0.3 is 0 Å². The number of nitrogens with zero attached hydrogens (tertiary/aromatic N) is 9. The van der Waals surface area contributed by atoms with Crippen LogP contribution < -0.4 is 40.9 Å². The summed E-state index contributed by atoms with van der Waals surface area (Å²) in [6.07, 6.45) is 5.89. The molecular formula is C85H105ClN14O6S5. The van der Waals surface area contributed by atoms with Crippen molar-refractivity contribution in [2.75, 3.05) is 40.6 Å². The van der Waals surface area contributed by atoms with Gasteiger partial charge in [-0.15, -0.1) is 45.3 Å². The standard InChI is InChI=1S/C21H24N4OS.C21H27N3OS.C20H24ClN3O3S2.C19H20N4OS.C4H10/c1-13(2)23-21-25-19(12-27-21)18-11-20(26-14(3)4)16-7-6-15(8-9-22-5)10-17(16)24-18;1-6-7-15-8-9-16-17(10-15)23-18(11-20(16)25-14(4)5)19-12-26-21(24-19)22-13(2)3;1-11(2)22-20-24-16(9-28-20)15-8-17(27-12(3)4)14-7-6-13(10-29(5,25)26)18(21)19(14)23-15;1-12(2)21-19-23-17(11-25-19)16-10-18(24)14-7-6-13(5-4-8-20-3)9-15(14)22-16;1-4(2)3/h6-7,10-14H,8-9H2,1-4H3,(H,23,25);8-14H,6-7H2,1-5H3,(H,22,24);6-9,11-12H,10H2,1-5H3,(H,22,24);6-7,9-12H,4-5,8H2,1-2H3,(H,21,23)(H,22,24);4H,1-3H3. The molecule has 8 heterocycles. The van der Waals surface area contributed by atoms with Gasteiger partial charge in [-0.1, -0.05) is 70.0 Å². The Morgan fingerprint density at radius 2 is 0.856 bits per heavy atom. The van der Waals surface area contributed by atoms with Crippen molar-refractivity contribution in [1.82, 2.24) is 39.9 Å². The molecule has 26 heteroatoms. The second-order valence-electron chi connectivity index (χ2n) is 29.6. The first-order valence-corrected chi connectivity index (χ1v) is 43.6. The maximum Gasteiger partial charge on any atom is 0.218 e. The fourth-order valence-corrected chi connectivity index (χ4v) is 15.7. The van der Waals surface area contributed by atoms with Crippen molar-refractivity contribution in [3.05, 3.63) is 173 Å². The number of aryl methyl sites for hydroxylation is 2. The molecule has 0 aliphatic heterocycles. The zero-order valence-electron chi connectivity index (χ0n) is 67.1. The topological polar surface area (TPSA) is 242 Å². The number of halogens is 1. The molecule has 0 bridgehead atoms. The first-order chi connectivity index (χ1) is 52.7. The molecular weight excluding hydrogens is 1510 g/mol. The number of thiazole rings is 4. The monoisotopic (exact) mass is 1610 g/mol. The van der Waals surface area contributed by atoms with Crippen molar-refractivity contribution < 1.29 is 22.6 Å². The fourth-order valence-electron chi connectivity index (χ4n) is 11.2. The van der Waals surface area contributed by atoms with Gasteiger partial charge in [-0.25, -0.2) is 56.4 Å². The predicted molar refractivity (Wildman–Crippen MR) is 470 cm³/mol. The van der Waals surface area contributed by atoms with Crippen molar-refractivity contribution in [3.8, 4) is 62.8 Å². The maximum absolute atomic E-state index is 12.4. The van der Waals surface area contributed by atoms with Gasteiger partial charge in [0, 0.05) is 111 Å². The van der Waals surface area contributed by atoms with E-state index in [9.17, 15) is 13.2 Å². The number of nitrogens with one attached hydrogen (secondary N) is 5. The van der Waals surface area contributed by atoms with E-state index in [1.165, 1.54) is 34.5 Å². The number of anilines is 4. The smallest absolute Gasteiger partial charge is 0.218 e. The van der Waals surface area contributed by atoms with Crippen LogP contribution in [-0.4, -0.2) is 110 Å². The number of aromatic nitrogens is 8. The molecule has 12 aromatic rings. The zero-order chi connectivity index (χ0) is 80.8. The highest BCUT2D eigenvalue weighted by atomic mass is 35.5. The van der Waals surface area contributed by atoms with Gasteiger partial charge < -0.3 is 50.2 Å². The Labute approximate surface area is 675 Å². The fraction of sp³-hybridized carbons (Fsp3) is 0.412. The lowest BCUT2D eigenvalue weighted by atomic mass is 10.1. The quantitative estimate of drug-likeness (QED) is 0.0237. The molecule has 0 radical (unpaired) electrons. The van der Waals surface area contributed by atoms with E-state index in [1.54, 1.807) is 34.8 Å². The SMILES string of the molecule is CC(C)C.CC(C)Nc1nc(-c2cc(OC(C)C)c3ccc(CS(C)(=O)=O)c(Cl)c3n2)cs1.CCCc1ccc2c(OC(C)C)cc(-c3csc(NC(C)C)n3)nc2c1.[C-]#[N+]CCCc1ccc2c(=O)cc(-c3csc(NC(C)C)n3)[nH]c2c1.[C-]#[N+]CCc1ccc2c(OC(C)C)cc(-c3csc(NC(C)C)n3)nc2c1. The van der Waals surface area contributed by atoms with Crippen LogP contribution in [0, 0.1) is 19.1 Å². The predicted octanol–water partition coefficient (Wildman–Crippen LogP) is 22.5. The molecule has 4 aromatic carbocycles. The van der Waals surface area contributed by atoms with Crippen LogP contribution >= 0.6 is 56.9 Å². The molecule has 0 saturated carbocycles. The normalized spacial score (nSPS) is 11.4. The molecule has 0 unspecified atom stereocenters. The minimum absolute atomic E-state index is 0.0113. The third-order valence-electron chi connectivity index (χ3n) is 15.5. The van der Waals surface area contributed by atoms with Crippen molar-refractivity contribution in [2.24, 2.45) is 5.92 Å². The molecule has 0 atom stereocenters. The van der Waals surface area contributed by atoms with Crippen molar-refractivity contribution in [3.63, 3.8) is 0 Å². The maximum atomic E-state index is 12.4. The zero-order valence-corrected chi connectivity index (χ0v) is 72.0. The lowest BCUT2D eigenvalue weighted by Crippen LogP contribution is -2.09. The van der Waals surface area contributed by atoms with Crippen LogP contribution in [0.25, 0.3) is 98.9 Å². The van der Waals surface area contributed by atoms with Gasteiger partial charge in [0.15, 0.2) is 35.8 Å². The van der Waals surface area contributed by atoms with Gasteiger partial charge in [0.25, 0.3) is 0 Å². The summed E-state index contributed by atoms with van der Waals surface area (Å²) >= 11 is 12.8. The molecule has 0 saturated heterocycles. The number of hydrogen-bond donors (Lipinski definition) is 5. The number of H-pyrrole nitrogens is 1. The van der Waals surface area contributed by atoms with Crippen LogP contribution in [0.2, 0.25) is 5.02 Å². The molecule has 0 spiro atoms. The molecule has 20 nitrogen and oxygen atoms in total. The first-order valence-electron chi connectivity index (χ1n) is 37.6. The van der Waals surface area contributed by atoms with Crippen LogP contribution in [-0.2, 0) is 34.9 Å². The molecule has 111 heavy (non-hydrogen) atoms. The summed E-state index contributed by atoms with van der Waals surface area (Å²) in [5.74, 6) is 3.01. The first kappa shape index (κ1) is 87.2.